The highest BCUT2D eigenvalue weighted by Crippen LogP contribution is 2.31. The fourth-order valence-electron chi connectivity index (χ4n) is 3.72. The molecule has 9 heteroatoms. The average molecular weight is 497 g/mol. The lowest BCUT2D eigenvalue weighted by atomic mass is 10.0. The second kappa shape index (κ2) is 11.8. The third-order valence-corrected chi connectivity index (χ3v) is 5.46. The van der Waals surface area contributed by atoms with Crippen LogP contribution in [0.3, 0.4) is 0 Å². The Morgan fingerprint density at radius 2 is 1.86 bits per heavy atom. The quantitative estimate of drug-likeness (QED) is 0.208. The summed E-state index contributed by atoms with van der Waals surface area (Å²) < 4.78 is 5.46. The number of methoxy groups -OCH3 is 1. The summed E-state index contributed by atoms with van der Waals surface area (Å²) in [6.07, 6.45) is 5.73. The average Bonchev–Trinajstić information content (AvgIpc) is 2.89. The molecular formula is C28H28N6O3. The van der Waals surface area contributed by atoms with Crippen LogP contribution < -0.4 is 20.7 Å². The number of carbonyl (C=O) groups is 2. The molecule has 0 bridgehead atoms. The zero-order valence-electron chi connectivity index (χ0n) is 20.9. The lowest BCUT2D eigenvalue weighted by molar-refractivity contribution is -0.111. The lowest BCUT2D eigenvalue weighted by Gasteiger charge is -2.14. The molecule has 1 aromatic heterocycles. The molecule has 0 spiro atoms. The SMILES string of the molecule is COc1ccc(NC(=O)/C=C/CN(C)C)cc1Nc1nccc(Nc2ccc3ccccc3c2C=O)n1. The van der Waals surface area contributed by atoms with Crippen LogP contribution in [-0.4, -0.2) is 54.8 Å². The summed E-state index contributed by atoms with van der Waals surface area (Å²) in [6.45, 7) is 0.665. The Kier molecular flexibility index (Phi) is 8.07. The molecule has 0 radical (unpaired) electrons. The van der Waals surface area contributed by atoms with E-state index in [0.29, 0.717) is 46.7 Å². The first-order chi connectivity index (χ1) is 18.0. The number of rotatable bonds is 10. The van der Waals surface area contributed by atoms with E-state index < -0.39 is 0 Å². The smallest absolute Gasteiger partial charge is 0.248 e. The molecular weight excluding hydrogens is 468 g/mol. The summed E-state index contributed by atoms with van der Waals surface area (Å²) in [6, 6.07) is 18.5. The first-order valence-electron chi connectivity index (χ1n) is 11.6. The largest absolute Gasteiger partial charge is 0.495 e. The van der Waals surface area contributed by atoms with Crippen LogP contribution in [0.1, 0.15) is 10.4 Å². The van der Waals surface area contributed by atoms with Crippen molar-refractivity contribution in [3.05, 3.63) is 84.6 Å². The minimum atomic E-state index is -0.234. The van der Waals surface area contributed by atoms with Gasteiger partial charge in [0.25, 0.3) is 0 Å². The van der Waals surface area contributed by atoms with Gasteiger partial charge in [-0.25, -0.2) is 4.98 Å². The summed E-state index contributed by atoms with van der Waals surface area (Å²) in [4.78, 5) is 34.9. The van der Waals surface area contributed by atoms with Crippen LogP contribution in [0.4, 0.5) is 28.8 Å². The van der Waals surface area contributed by atoms with E-state index >= 15 is 0 Å². The van der Waals surface area contributed by atoms with Gasteiger partial charge in [-0.1, -0.05) is 36.4 Å². The third-order valence-electron chi connectivity index (χ3n) is 5.46. The maximum absolute atomic E-state index is 12.2. The van der Waals surface area contributed by atoms with Crippen molar-refractivity contribution in [2.24, 2.45) is 0 Å². The number of nitrogens with zero attached hydrogens (tertiary/aromatic N) is 3. The second-order valence-corrected chi connectivity index (χ2v) is 8.45. The molecule has 0 aliphatic carbocycles. The Bertz CT molecular complexity index is 1450. The Morgan fingerprint density at radius 3 is 2.65 bits per heavy atom. The number of carbonyl (C=O) groups excluding carboxylic acids is 2. The molecule has 0 aliphatic heterocycles. The van der Waals surface area contributed by atoms with Gasteiger partial charge in [0.1, 0.15) is 11.6 Å². The molecule has 4 aromatic rings. The predicted molar refractivity (Wildman–Crippen MR) is 147 cm³/mol. The summed E-state index contributed by atoms with van der Waals surface area (Å²) in [7, 11) is 5.42. The summed E-state index contributed by atoms with van der Waals surface area (Å²) in [5, 5.41) is 11.0. The Morgan fingerprint density at radius 1 is 1.03 bits per heavy atom. The Hall–Kier alpha value is -4.76. The number of aldehydes is 1. The zero-order chi connectivity index (χ0) is 26.2. The number of anilines is 5. The first-order valence-corrected chi connectivity index (χ1v) is 11.6. The molecule has 0 unspecified atom stereocenters. The van der Waals surface area contributed by atoms with Gasteiger partial charge in [-0.3, -0.25) is 9.59 Å². The highest BCUT2D eigenvalue weighted by Gasteiger charge is 2.11. The monoisotopic (exact) mass is 496 g/mol. The van der Waals surface area contributed by atoms with Crippen molar-refractivity contribution in [2.75, 3.05) is 43.7 Å². The maximum atomic E-state index is 12.2. The third kappa shape index (κ3) is 6.47. The van der Waals surface area contributed by atoms with Gasteiger partial charge < -0.3 is 25.6 Å². The maximum Gasteiger partial charge on any atom is 0.248 e. The number of amides is 1. The fraction of sp³-hybridized carbons (Fsp3) is 0.143. The van der Waals surface area contributed by atoms with Gasteiger partial charge in [-0.2, -0.15) is 4.98 Å². The summed E-state index contributed by atoms with van der Waals surface area (Å²) in [5.41, 5.74) is 2.36. The summed E-state index contributed by atoms with van der Waals surface area (Å²) in [5.74, 6) is 1.14. The van der Waals surface area contributed by atoms with E-state index in [9.17, 15) is 9.59 Å². The Labute approximate surface area is 215 Å². The van der Waals surface area contributed by atoms with Gasteiger partial charge in [0.05, 0.1) is 18.5 Å². The number of ether oxygens (including phenoxy) is 1. The van der Waals surface area contributed by atoms with E-state index in [1.165, 1.54) is 6.08 Å². The van der Waals surface area contributed by atoms with Crippen molar-refractivity contribution >= 4 is 51.8 Å². The molecule has 0 fully saturated rings. The van der Waals surface area contributed by atoms with Gasteiger partial charge in [0.15, 0.2) is 6.29 Å². The minimum Gasteiger partial charge on any atom is -0.495 e. The first kappa shape index (κ1) is 25.3. The molecule has 3 aromatic carbocycles. The fourth-order valence-corrected chi connectivity index (χ4v) is 3.72. The number of benzene rings is 3. The van der Waals surface area contributed by atoms with Crippen LogP contribution in [0.5, 0.6) is 5.75 Å². The number of hydrogen-bond donors (Lipinski definition) is 3. The number of aromatic nitrogens is 2. The second-order valence-electron chi connectivity index (χ2n) is 8.45. The molecule has 0 saturated heterocycles. The lowest BCUT2D eigenvalue weighted by Crippen LogP contribution is -2.13. The number of fused-ring (bicyclic) bond motifs is 1. The highest BCUT2D eigenvalue weighted by molar-refractivity contribution is 6.04. The van der Waals surface area contributed by atoms with Crippen molar-refractivity contribution in [1.29, 1.82) is 0 Å². The molecule has 0 aliphatic rings. The van der Waals surface area contributed by atoms with Crippen LogP contribution in [0.2, 0.25) is 0 Å². The number of likely N-dealkylation sites (N-methyl/N-ethyl adjacent to an activating group) is 1. The summed E-state index contributed by atoms with van der Waals surface area (Å²) >= 11 is 0. The number of nitrogens with one attached hydrogen (secondary N) is 3. The molecule has 1 amide bonds. The van der Waals surface area contributed by atoms with Gasteiger partial charge in [-0.05, 0) is 55.2 Å². The molecule has 3 N–H and O–H groups in total. The topological polar surface area (TPSA) is 108 Å². The van der Waals surface area contributed by atoms with Crippen molar-refractivity contribution < 1.29 is 14.3 Å². The van der Waals surface area contributed by atoms with Crippen molar-refractivity contribution in [3.63, 3.8) is 0 Å². The predicted octanol–water partition coefficient (Wildman–Crippen LogP) is 4.99. The van der Waals surface area contributed by atoms with E-state index in [4.69, 9.17) is 4.74 Å². The molecule has 9 nitrogen and oxygen atoms in total. The van der Waals surface area contributed by atoms with Crippen molar-refractivity contribution in [1.82, 2.24) is 14.9 Å². The van der Waals surface area contributed by atoms with Gasteiger partial charge in [-0.15, -0.1) is 0 Å². The molecule has 0 atom stereocenters. The highest BCUT2D eigenvalue weighted by atomic mass is 16.5. The molecule has 4 rings (SSSR count). The minimum absolute atomic E-state index is 0.234. The van der Waals surface area contributed by atoms with Crippen molar-refractivity contribution in [3.8, 4) is 5.75 Å². The van der Waals surface area contributed by atoms with E-state index in [1.54, 1.807) is 43.6 Å². The van der Waals surface area contributed by atoms with Gasteiger partial charge in [0, 0.05) is 30.1 Å². The van der Waals surface area contributed by atoms with E-state index in [0.717, 1.165) is 17.1 Å². The number of hydrogen-bond acceptors (Lipinski definition) is 8. The molecule has 37 heavy (non-hydrogen) atoms. The van der Waals surface area contributed by atoms with Crippen LogP contribution >= 0.6 is 0 Å². The molecule has 0 saturated carbocycles. The van der Waals surface area contributed by atoms with Crippen LogP contribution in [-0.2, 0) is 4.79 Å². The van der Waals surface area contributed by atoms with Gasteiger partial charge in [0.2, 0.25) is 11.9 Å². The van der Waals surface area contributed by atoms with E-state index in [1.807, 2.05) is 55.4 Å². The van der Waals surface area contributed by atoms with Crippen LogP contribution in [0.25, 0.3) is 10.8 Å². The Balaban J connectivity index is 1.53. The van der Waals surface area contributed by atoms with Crippen LogP contribution in [0.15, 0.2) is 79.0 Å². The van der Waals surface area contributed by atoms with Crippen LogP contribution in [0, 0.1) is 0 Å². The van der Waals surface area contributed by atoms with E-state index in [-0.39, 0.29) is 5.91 Å². The standard InChI is InChI=1S/C28H28N6O3/c1-34(2)16-6-9-27(36)30-20-11-13-25(37-3)24(17-20)32-28-29-15-14-26(33-28)31-23-12-10-19-7-4-5-8-21(19)22(23)18-35/h4-15,17-18H,16H2,1-3H3,(H,30,36)(H2,29,31,32,33)/b9-6+. The molecule has 1 heterocycles. The van der Waals surface area contributed by atoms with E-state index in [2.05, 4.69) is 25.9 Å². The van der Waals surface area contributed by atoms with Gasteiger partial charge >= 0.3 is 0 Å². The van der Waals surface area contributed by atoms with Crippen molar-refractivity contribution in [2.45, 2.75) is 0 Å². The normalized spacial score (nSPS) is 11.0. The molecule has 188 valence electrons. The zero-order valence-corrected chi connectivity index (χ0v) is 20.9.